The Balaban J connectivity index is 3.48. The summed E-state index contributed by atoms with van der Waals surface area (Å²) in [5.41, 5.74) is -1.84. The number of carboxylic acid groups (broad SMARTS) is 2. The van der Waals surface area contributed by atoms with Crippen LogP contribution in [0.15, 0.2) is 18.2 Å². The average molecular weight is 243 g/mol. The fourth-order valence-electron chi connectivity index (χ4n) is 1.33. The van der Waals surface area contributed by atoms with Gasteiger partial charge in [-0.25, -0.2) is 0 Å². The lowest BCUT2D eigenvalue weighted by atomic mass is 9.97. The Bertz CT molecular complexity index is 486. The molecule has 0 aliphatic carbocycles. The smallest absolute Gasteiger partial charge is 0.322 e. The first-order valence-electron chi connectivity index (χ1n) is 4.24. The Morgan fingerprint density at radius 3 is 2.24 bits per heavy atom. The summed E-state index contributed by atoms with van der Waals surface area (Å²) in [5.74, 6) is -7.05. The number of halogens is 1. The molecule has 90 valence electrons. The second-order valence-corrected chi connectivity index (χ2v) is 3.04. The van der Waals surface area contributed by atoms with Crippen molar-refractivity contribution in [1.82, 2.24) is 0 Å². The van der Waals surface area contributed by atoms with Gasteiger partial charge in [0.1, 0.15) is 0 Å². The van der Waals surface area contributed by atoms with E-state index in [9.17, 15) is 24.1 Å². The van der Waals surface area contributed by atoms with Gasteiger partial charge in [0, 0.05) is 0 Å². The summed E-state index contributed by atoms with van der Waals surface area (Å²) in [7, 11) is 0. The molecule has 0 radical (unpaired) electrons. The van der Waals surface area contributed by atoms with Gasteiger partial charge in [-0.3, -0.25) is 19.7 Å². The van der Waals surface area contributed by atoms with E-state index in [-0.39, 0.29) is 0 Å². The van der Waals surface area contributed by atoms with E-state index in [0.717, 1.165) is 18.2 Å². The van der Waals surface area contributed by atoms with Gasteiger partial charge in [-0.1, -0.05) is 12.1 Å². The molecule has 0 fully saturated rings. The Morgan fingerprint density at radius 2 is 1.82 bits per heavy atom. The highest BCUT2D eigenvalue weighted by molar-refractivity contribution is 6.00. The number of para-hydroxylation sites is 1. The van der Waals surface area contributed by atoms with Gasteiger partial charge in [0.25, 0.3) is 0 Å². The number of hydrogen-bond acceptors (Lipinski definition) is 4. The van der Waals surface area contributed by atoms with E-state index in [1.54, 1.807) is 0 Å². The van der Waals surface area contributed by atoms with Gasteiger partial charge in [-0.05, 0) is 6.07 Å². The average Bonchev–Trinajstić information content (AvgIpc) is 2.15. The molecule has 0 atom stereocenters. The minimum Gasteiger partial charge on any atom is -0.480 e. The first-order chi connectivity index (χ1) is 7.86. The summed E-state index contributed by atoms with van der Waals surface area (Å²) >= 11 is 0. The largest absolute Gasteiger partial charge is 0.480 e. The number of aliphatic carboxylic acids is 2. The first-order valence-corrected chi connectivity index (χ1v) is 4.24. The molecule has 0 saturated heterocycles. The normalized spacial score (nSPS) is 10.2. The third kappa shape index (κ3) is 2.36. The standard InChI is InChI=1S/C9H6FNO6/c10-5-3-1-2-4(7(5)11(16)17)6(8(12)13)9(14)15/h1-3,6H,(H,12,13)(H,14,15). The van der Waals surface area contributed by atoms with Crippen LogP contribution in [0.3, 0.4) is 0 Å². The van der Waals surface area contributed by atoms with E-state index in [1.165, 1.54) is 0 Å². The maximum Gasteiger partial charge on any atom is 0.322 e. The van der Waals surface area contributed by atoms with Crippen molar-refractivity contribution in [2.24, 2.45) is 0 Å². The summed E-state index contributed by atoms with van der Waals surface area (Å²) in [6.07, 6.45) is 0. The minimum atomic E-state index is -2.17. The van der Waals surface area contributed by atoms with Crippen LogP contribution in [0.2, 0.25) is 0 Å². The summed E-state index contributed by atoms with van der Waals surface area (Å²) in [5, 5.41) is 27.9. The number of rotatable bonds is 4. The lowest BCUT2D eigenvalue weighted by Gasteiger charge is -2.08. The monoisotopic (exact) mass is 243 g/mol. The molecule has 1 aromatic carbocycles. The number of benzene rings is 1. The van der Waals surface area contributed by atoms with Crippen molar-refractivity contribution in [3.8, 4) is 0 Å². The molecule has 2 N–H and O–H groups in total. The van der Waals surface area contributed by atoms with Gasteiger partial charge in [-0.15, -0.1) is 0 Å². The van der Waals surface area contributed by atoms with Crippen molar-refractivity contribution in [1.29, 1.82) is 0 Å². The van der Waals surface area contributed by atoms with Crippen LogP contribution < -0.4 is 0 Å². The van der Waals surface area contributed by atoms with E-state index in [0.29, 0.717) is 0 Å². The Morgan fingerprint density at radius 1 is 1.29 bits per heavy atom. The zero-order chi connectivity index (χ0) is 13.2. The van der Waals surface area contributed by atoms with Crippen molar-refractivity contribution in [2.45, 2.75) is 5.92 Å². The molecule has 8 heteroatoms. The van der Waals surface area contributed by atoms with Gasteiger partial charge in [0.05, 0.1) is 10.5 Å². The minimum absolute atomic E-state index is 0.699. The molecular weight excluding hydrogens is 237 g/mol. The van der Waals surface area contributed by atoms with Crippen molar-refractivity contribution in [2.75, 3.05) is 0 Å². The summed E-state index contributed by atoms with van der Waals surface area (Å²) < 4.78 is 13.2. The van der Waals surface area contributed by atoms with Crippen molar-refractivity contribution < 1.29 is 29.1 Å². The SMILES string of the molecule is O=C(O)C(C(=O)O)c1cccc(F)c1[N+](=O)[O-]. The maximum absolute atomic E-state index is 13.2. The van der Waals surface area contributed by atoms with Crippen LogP contribution in [0.4, 0.5) is 10.1 Å². The van der Waals surface area contributed by atoms with Crippen LogP contribution >= 0.6 is 0 Å². The van der Waals surface area contributed by atoms with Crippen LogP contribution in [0, 0.1) is 15.9 Å². The first kappa shape index (κ1) is 12.6. The molecule has 0 heterocycles. The lowest BCUT2D eigenvalue weighted by molar-refractivity contribution is -0.388. The number of nitrogens with zero attached hydrogens (tertiary/aromatic N) is 1. The highest BCUT2D eigenvalue weighted by Crippen LogP contribution is 2.29. The van der Waals surface area contributed by atoms with Gasteiger partial charge < -0.3 is 10.2 Å². The van der Waals surface area contributed by atoms with E-state index in [4.69, 9.17) is 10.2 Å². The highest BCUT2D eigenvalue weighted by Gasteiger charge is 2.35. The summed E-state index contributed by atoms with van der Waals surface area (Å²) in [6, 6.07) is 2.66. The molecule has 0 saturated carbocycles. The molecule has 0 spiro atoms. The zero-order valence-electron chi connectivity index (χ0n) is 8.16. The van der Waals surface area contributed by atoms with Gasteiger partial charge in [0.2, 0.25) is 5.82 Å². The Kier molecular flexibility index (Phi) is 3.37. The van der Waals surface area contributed by atoms with Crippen LogP contribution in [0.25, 0.3) is 0 Å². The van der Waals surface area contributed by atoms with Crippen LogP contribution in [-0.4, -0.2) is 27.1 Å². The van der Waals surface area contributed by atoms with Gasteiger partial charge in [0.15, 0.2) is 5.92 Å². The second-order valence-electron chi connectivity index (χ2n) is 3.04. The Hall–Kier alpha value is -2.51. The van der Waals surface area contributed by atoms with Crippen molar-refractivity contribution in [3.05, 3.63) is 39.7 Å². The van der Waals surface area contributed by atoms with Crippen molar-refractivity contribution in [3.63, 3.8) is 0 Å². The molecular formula is C9H6FNO6. The molecule has 0 bridgehead atoms. The molecule has 17 heavy (non-hydrogen) atoms. The van der Waals surface area contributed by atoms with Crippen molar-refractivity contribution >= 4 is 17.6 Å². The van der Waals surface area contributed by atoms with Crippen LogP contribution in [0.5, 0.6) is 0 Å². The number of nitro groups is 1. The molecule has 0 aromatic heterocycles. The highest BCUT2D eigenvalue weighted by atomic mass is 19.1. The summed E-state index contributed by atoms with van der Waals surface area (Å²) in [4.78, 5) is 30.8. The number of carbonyl (C=O) groups is 2. The van der Waals surface area contributed by atoms with E-state index in [2.05, 4.69) is 0 Å². The van der Waals surface area contributed by atoms with E-state index >= 15 is 0 Å². The fraction of sp³-hybridized carbons (Fsp3) is 0.111. The van der Waals surface area contributed by atoms with Crippen LogP contribution in [-0.2, 0) is 9.59 Å². The van der Waals surface area contributed by atoms with E-state index in [1.807, 2.05) is 0 Å². The second kappa shape index (κ2) is 4.56. The topological polar surface area (TPSA) is 118 Å². The van der Waals surface area contributed by atoms with Gasteiger partial charge >= 0.3 is 17.6 Å². The number of carboxylic acids is 2. The molecule has 1 rings (SSSR count). The predicted octanol–water partition coefficient (Wildman–Crippen LogP) is 0.987. The Labute approximate surface area is 93.3 Å². The third-order valence-corrected chi connectivity index (χ3v) is 2.01. The summed E-state index contributed by atoms with van der Waals surface area (Å²) in [6.45, 7) is 0. The lowest BCUT2D eigenvalue weighted by Crippen LogP contribution is -2.22. The van der Waals surface area contributed by atoms with Crippen LogP contribution in [0.1, 0.15) is 11.5 Å². The molecule has 0 unspecified atom stereocenters. The zero-order valence-corrected chi connectivity index (χ0v) is 8.16. The maximum atomic E-state index is 13.2. The number of hydrogen-bond donors (Lipinski definition) is 2. The van der Waals surface area contributed by atoms with E-state index < -0.39 is 39.8 Å². The molecule has 0 amide bonds. The predicted molar refractivity (Wildman–Crippen MR) is 51.1 cm³/mol. The molecule has 1 aromatic rings. The molecule has 0 aliphatic heterocycles. The quantitative estimate of drug-likeness (QED) is 0.462. The molecule has 0 aliphatic rings. The third-order valence-electron chi connectivity index (χ3n) is 2.01. The fourth-order valence-corrected chi connectivity index (χ4v) is 1.33. The number of nitro benzene ring substituents is 1. The van der Waals surface area contributed by atoms with Gasteiger partial charge in [-0.2, -0.15) is 4.39 Å². The molecule has 7 nitrogen and oxygen atoms in total.